The molecule has 1 radical (unpaired) electrons. The monoisotopic (exact) mass is 309 g/mol. The molecule has 19 heavy (non-hydrogen) atoms. The van der Waals surface area contributed by atoms with Gasteiger partial charge < -0.3 is 0 Å². The van der Waals surface area contributed by atoms with Crippen LogP contribution in [0.5, 0.6) is 0 Å². The number of benzene rings is 1. The molecule has 0 heterocycles. The third-order valence-corrected chi connectivity index (χ3v) is 3.84. The quantitative estimate of drug-likeness (QED) is 0.633. The Morgan fingerprint density at radius 1 is 1.00 bits per heavy atom. The molecular weight excluding hydrogens is 287 g/mol. The molecule has 0 N–H and O–H groups in total. The first-order chi connectivity index (χ1) is 8.02. The van der Waals surface area contributed by atoms with Gasteiger partial charge in [-0.2, -0.15) is 8.42 Å². The van der Waals surface area contributed by atoms with Crippen molar-refractivity contribution >= 4 is 61.5 Å². The van der Waals surface area contributed by atoms with Crippen molar-refractivity contribution in [3.63, 3.8) is 0 Å². The van der Waals surface area contributed by atoms with Gasteiger partial charge in [-0.3, -0.25) is 4.18 Å². The summed E-state index contributed by atoms with van der Waals surface area (Å²) in [5, 5.41) is 0. The molecule has 0 bridgehead atoms. The van der Waals surface area contributed by atoms with Crippen LogP contribution in [0, 0.1) is 5.41 Å². The molecule has 0 saturated heterocycles. The Kier molecular flexibility index (Phi) is 7.45. The average molecular weight is 309 g/mol. The van der Waals surface area contributed by atoms with Gasteiger partial charge in [0.25, 0.3) is 10.1 Å². The molecule has 0 fully saturated rings. The SMILES string of the molecule is CC(C)(C)CC(C)(C)OS(=O)(=O)c1ccccc1.[K]. The zero-order valence-corrected chi connectivity index (χ0v) is 16.7. The fraction of sp³-hybridized carbons (Fsp3) is 0.571. The van der Waals surface area contributed by atoms with Gasteiger partial charge in [-0.15, -0.1) is 0 Å². The summed E-state index contributed by atoms with van der Waals surface area (Å²) in [4.78, 5) is 0.201. The molecule has 103 valence electrons. The summed E-state index contributed by atoms with van der Waals surface area (Å²) >= 11 is 0. The van der Waals surface area contributed by atoms with E-state index in [0.29, 0.717) is 6.42 Å². The van der Waals surface area contributed by atoms with Crippen LogP contribution < -0.4 is 0 Å². The summed E-state index contributed by atoms with van der Waals surface area (Å²) in [5.74, 6) is 0. The smallest absolute Gasteiger partial charge is 0.260 e. The van der Waals surface area contributed by atoms with Crippen LogP contribution in [0.15, 0.2) is 35.2 Å². The van der Waals surface area contributed by atoms with Gasteiger partial charge in [-0.05, 0) is 37.8 Å². The van der Waals surface area contributed by atoms with Crippen molar-refractivity contribution in [3.8, 4) is 0 Å². The largest absolute Gasteiger partial charge is 0.297 e. The van der Waals surface area contributed by atoms with E-state index < -0.39 is 15.7 Å². The van der Waals surface area contributed by atoms with Crippen molar-refractivity contribution in [3.05, 3.63) is 30.3 Å². The van der Waals surface area contributed by atoms with Crippen molar-refractivity contribution < 1.29 is 12.6 Å². The minimum atomic E-state index is -3.69. The topological polar surface area (TPSA) is 43.4 Å². The van der Waals surface area contributed by atoms with E-state index in [-0.39, 0.29) is 61.7 Å². The minimum absolute atomic E-state index is 0. The molecule has 0 amide bonds. The van der Waals surface area contributed by atoms with E-state index in [1.54, 1.807) is 44.2 Å². The molecule has 0 aliphatic heterocycles. The molecule has 0 unspecified atom stereocenters. The van der Waals surface area contributed by atoms with Crippen molar-refractivity contribution in [2.75, 3.05) is 0 Å². The van der Waals surface area contributed by atoms with Crippen LogP contribution in [0.1, 0.15) is 41.0 Å². The van der Waals surface area contributed by atoms with Crippen LogP contribution in [-0.2, 0) is 14.3 Å². The van der Waals surface area contributed by atoms with Crippen LogP contribution in [0.4, 0.5) is 0 Å². The molecule has 0 saturated carbocycles. The third kappa shape index (κ3) is 7.36. The molecule has 0 spiro atoms. The number of hydrogen-bond acceptors (Lipinski definition) is 3. The molecule has 0 atom stereocenters. The van der Waals surface area contributed by atoms with Gasteiger partial charge in [-0.1, -0.05) is 39.0 Å². The zero-order valence-electron chi connectivity index (χ0n) is 12.7. The molecule has 5 heteroatoms. The van der Waals surface area contributed by atoms with Gasteiger partial charge in [0.1, 0.15) is 0 Å². The Bertz CT molecular complexity index is 487. The number of rotatable bonds is 4. The summed E-state index contributed by atoms with van der Waals surface area (Å²) in [6, 6.07) is 8.24. The second-order valence-corrected chi connectivity index (χ2v) is 7.89. The van der Waals surface area contributed by atoms with Crippen LogP contribution in [0.2, 0.25) is 0 Å². The molecule has 0 aromatic heterocycles. The maximum absolute atomic E-state index is 12.1. The standard InChI is InChI=1S/C14H22O3S.K/c1-13(2,3)11-14(4,5)17-18(15,16)12-9-7-6-8-10-12;/h6-10H,11H2,1-5H3;. The Balaban J connectivity index is 0.00000324. The molecule has 1 aromatic rings. The van der Waals surface area contributed by atoms with Crippen molar-refractivity contribution in [1.82, 2.24) is 0 Å². The maximum atomic E-state index is 12.1. The van der Waals surface area contributed by atoms with E-state index in [1.165, 1.54) is 0 Å². The number of hydrogen-bond donors (Lipinski definition) is 0. The van der Waals surface area contributed by atoms with E-state index in [2.05, 4.69) is 20.8 Å². The van der Waals surface area contributed by atoms with Crippen LogP contribution in [-0.4, -0.2) is 65.4 Å². The van der Waals surface area contributed by atoms with Gasteiger partial charge in [0.05, 0.1) is 10.5 Å². The summed E-state index contributed by atoms with van der Waals surface area (Å²) in [6.07, 6.45) is 0.659. The molecular formula is C14H22KO3S. The average Bonchev–Trinajstić information content (AvgIpc) is 2.13. The Morgan fingerprint density at radius 3 is 1.89 bits per heavy atom. The van der Waals surface area contributed by atoms with E-state index in [1.807, 2.05) is 0 Å². The zero-order chi connectivity index (χ0) is 14.0. The Hall–Kier alpha value is 0.766. The summed E-state index contributed by atoms with van der Waals surface area (Å²) in [6.45, 7) is 9.80. The van der Waals surface area contributed by atoms with Crippen LogP contribution in [0.25, 0.3) is 0 Å². The van der Waals surface area contributed by atoms with Gasteiger partial charge in [-0.25, -0.2) is 0 Å². The first kappa shape index (κ1) is 19.8. The van der Waals surface area contributed by atoms with Crippen LogP contribution in [0.3, 0.4) is 0 Å². The summed E-state index contributed by atoms with van der Waals surface area (Å²) in [5.41, 5.74) is -0.706. The summed E-state index contributed by atoms with van der Waals surface area (Å²) < 4.78 is 29.6. The van der Waals surface area contributed by atoms with E-state index >= 15 is 0 Å². The first-order valence-electron chi connectivity index (χ1n) is 6.03. The van der Waals surface area contributed by atoms with Gasteiger partial charge in [0.15, 0.2) is 0 Å². The van der Waals surface area contributed by atoms with Gasteiger partial charge in [0.2, 0.25) is 0 Å². The van der Waals surface area contributed by atoms with E-state index in [0.717, 1.165) is 0 Å². The first-order valence-corrected chi connectivity index (χ1v) is 7.43. The van der Waals surface area contributed by atoms with Crippen molar-refractivity contribution in [2.24, 2.45) is 5.41 Å². The normalized spacial score (nSPS) is 12.9. The molecule has 0 aliphatic carbocycles. The Labute approximate surface area is 159 Å². The predicted molar refractivity (Wildman–Crippen MR) is 78.6 cm³/mol. The summed E-state index contributed by atoms with van der Waals surface area (Å²) in [7, 11) is -3.69. The van der Waals surface area contributed by atoms with Gasteiger partial charge in [0, 0.05) is 51.4 Å². The van der Waals surface area contributed by atoms with E-state index in [9.17, 15) is 8.42 Å². The second-order valence-electron chi connectivity index (χ2n) is 6.35. The van der Waals surface area contributed by atoms with Gasteiger partial charge >= 0.3 is 0 Å². The second kappa shape index (κ2) is 7.16. The molecule has 1 rings (SSSR count). The fourth-order valence-corrected chi connectivity index (χ4v) is 3.48. The third-order valence-electron chi connectivity index (χ3n) is 2.32. The minimum Gasteiger partial charge on any atom is -0.260 e. The maximum Gasteiger partial charge on any atom is 0.297 e. The molecule has 3 nitrogen and oxygen atoms in total. The molecule has 1 aromatic carbocycles. The fourth-order valence-electron chi connectivity index (χ4n) is 2.24. The van der Waals surface area contributed by atoms with E-state index in [4.69, 9.17) is 4.18 Å². The van der Waals surface area contributed by atoms with Crippen molar-refractivity contribution in [2.45, 2.75) is 51.5 Å². The molecule has 0 aliphatic rings. The Morgan fingerprint density at radius 2 is 1.47 bits per heavy atom. The van der Waals surface area contributed by atoms with Crippen molar-refractivity contribution in [1.29, 1.82) is 0 Å². The van der Waals surface area contributed by atoms with Crippen LogP contribution >= 0.6 is 0 Å². The predicted octanol–water partition coefficient (Wildman–Crippen LogP) is 3.23.